The largest absolute Gasteiger partial charge is 0.344 e. The maximum Gasteiger partial charge on any atom is 0.104 e. The van der Waals surface area contributed by atoms with Crippen molar-refractivity contribution < 1.29 is 0 Å². The van der Waals surface area contributed by atoms with Gasteiger partial charge in [-0.2, -0.15) is 0 Å². The molecule has 0 aliphatic rings. The molecule has 0 bridgehead atoms. The highest BCUT2D eigenvalue weighted by molar-refractivity contribution is 5.97. The van der Waals surface area contributed by atoms with Crippen molar-refractivity contribution in [3.8, 4) is 0 Å². The second-order valence-corrected chi connectivity index (χ2v) is 5.86. The second kappa shape index (κ2) is 10.4. The fourth-order valence-electron chi connectivity index (χ4n) is 2.40. The van der Waals surface area contributed by atoms with E-state index in [0.717, 1.165) is 18.7 Å². The molecule has 0 saturated heterocycles. The molecule has 118 valence electrons. The zero-order chi connectivity index (χ0) is 15.5. The number of hydrogen-bond acceptors (Lipinski definition) is 1. The van der Waals surface area contributed by atoms with E-state index in [1.807, 2.05) is 0 Å². The highest BCUT2D eigenvalue weighted by Gasteiger charge is 2.13. The van der Waals surface area contributed by atoms with E-state index in [-0.39, 0.29) is 0 Å². The third-order valence-corrected chi connectivity index (χ3v) is 3.90. The van der Waals surface area contributed by atoms with Crippen LogP contribution < -0.4 is 5.32 Å². The van der Waals surface area contributed by atoms with Gasteiger partial charge in [-0.05, 0) is 38.3 Å². The van der Waals surface area contributed by atoms with E-state index in [4.69, 9.17) is 4.99 Å². The molecule has 0 fully saturated rings. The second-order valence-electron chi connectivity index (χ2n) is 5.86. The van der Waals surface area contributed by atoms with Crippen molar-refractivity contribution in [1.29, 1.82) is 0 Å². The minimum atomic E-state index is 0.558. The van der Waals surface area contributed by atoms with E-state index < -0.39 is 0 Å². The summed E-state index contributed by atoms with van der Waals surface area (Å²) >= 11 is 0. The van der Waals surface area contributed by atoms with Crippen molar-refractivity contribution in [2.75, 3.05) is 11.9 Å². The van der Waals surface area contributed by atoms with Crippen molar-refractivity contribution in [3.63, 3.8) is 0 Å². The summed E-state index contributed by atoms with van der Waals surface area (Å²) in [5.41, 5.74) is 2.45. The van der Waals surface area contributed by atoms with Crippen LogP contribution in [0.25, 0.3) is 0 Å². The van der Waals surface area contributed by atoms with Crippen LogP contribution in [0, 0.1) is 12.8 Å². The lowest BCUT2D eigenvalue weighted by Crippen LogP contribution is -2.23. The minimum absolute atomic E-state index is 0.558. The molecule has 21 heavy (non-hydrogen) atoms. The summed E-state index contributed by atoms with van der Waals surface area (Å²) in [5, 5.41) is 3.58. The van der Waals surface area contributed by atoms with Crippen molar-refractivity contribution in [1.82, 2.24) is 0 Å². The first kappa shape index (κ1) is 17.7. The lowest BCUT2D eigenvalue weighted by atomic mass is 9.97. The maximum absolute atomic E-state index is 4.86. The van der Waals surface area contributed by atoms with Crippen molar-refractivity contribution in [3.05, 3.63) is 29.8 Å². The predicted octanol–water partition coefficient (Wildman–Crippen LogP) is 5.82. The number of aryl methyl sites for hydroxylation is 1. The summed E-state index contributed by atoms with van der Waals surface area (Å²) in [6.45, 7) is 9.81. The molecule has 0 aliphatic carbocycles. The van der Waals surface area contributed by atoms with Crippen LogP contribution in [0.15, 0.2) is 29.3 Å². The molecule has 1 N–H and O–H groups in total. The Morgan fingerprint density at radius 2 is 1.71 bits per heavy atom. The van der Waals surface area contributed by atoms with Crippen molar-refractivity contribution in [2.24, 2.45) is 10.9 Å². The van der Waals surface area contributed by atoms with Gasteiger partial charge in [0, 0.05) is 18.2 Å². The molecule has 0 aliphatic heterocycles. The number of nitrogens with one attached hydrogen (secondary N) is 1. The smallest absolute Gasteiger partial charge is 0.104 e. The Balaban J connectivity index is 2.79. The molecule has 1 aromatic rings. The number of benzene rings is 1. The Morgan fingerprint density at radius 1 is 1.05 bits per heavy atom. The van der Waals surface area contributed by atoms with Gasteiger partial charge in [0.2, 0.25) is 0 Å². The van der Waals surface area contributed by atoms with Crippen LogP contribution in [0.1, 0.15) is 64.9 Å². The van der Waals surface area contributed by atoms with Gasteiger partial charge in [0.05, 0.1) is 0 Å². The topological polar surface area (TPSA) is 24.4 Å². The van der Waals surface area contributed by atoms with Gasteiger partial charge in [-0.1, -0.05) is 57.7 Å². The maximum atomic E-state index is 4.86. The molecular weight excluding hydrogens is 256 g/mol. The number of anilines is 1. The lowest BCUT2D eigenvalue weighted by Gasteiger charge is -2.19. The van der Waals surface area contributed by atoms with Crippen LogP contribution in [-0.4, -0.2) is 12.4 Å². The number of unbranched alkanes of at least 4 members (excludes halogenated alkanes) is 2. The first-order chi connectivity index (χ1) is 10.2. The summed E-state index contributed by atoms with van der Waals surface area (Å²) in [6, 6.07) is 8.60. The monoisotopic (exact) mass is 288 g/mol. The Bertz CT molecular complexity index is 406. The van der Waals surface area contributed by atoms with Gasteiger partial charge < -0.3 is 5.32 Å². The van der Waals surface area contributed by atoms with Gasteiger partial charge in [-0.15, -0.1) is 0 Å². The molecule has 2 nitrogen and oxygen atoms in total. The summed E-state index contributed by atoms with van der Waals surface area (Å²) in [4.78, 5) is 4.86. The summed E-state index contributed by atoms with van der Waals surface area (Å²) in [6.07, 6.45) is 7.29. The molecule has 1 atom stereocenters. The van der Waals surface area contributed by atoms with E-state index >= 15 is 0 Å². The number of aliphatic imine (C=N–C) groups is 1. The molecule has 0 aromatic heterocycles. The van der Waals surface area contributed by atoms with Crippen LogP contribution in [-0.2, 0) is 0 Å². The Kier molecular flexibility index (Phi) is 8.80. The zero-order valence-electron chi connectivity index (χ0n) is 14.3. The van der Waals surface area contributed by atoms with Gasteiger partial charge in [-0.3, -0.25) is 4.99 Å². The molecule has 1 rings (SSSR count). The van der Waals surface area contributed by atoms with E-state index in [1.54, 1.807) is 0 Å². The Morgan fingerprint density at radius 3 is 2.29 bits per heavy atom. The molecule has 0 heterocycles. The SMILES string of the molecule is CCCCN=C(Nc1ccc(C)cc1)[C@@H](CC)CCCC. The number of amidine groups is 1. The number of rotatable bonds is 9. The summed E-state index contributed by atoms with van der Waals surface area (Å²) in [7, 11) is 0. The van der Waals surface area contributed by atoms with Crippen LogP contribution in [0.5, 0.6) is 0 Å². The van der Waals surface area contributed by atoms with Gasteiger partial charge in [0.15, 0.2) is 0 Å². The van der Waals surface area contributed by atoms with Crippen molar-refractivity contribution >= 4 is 11.5 Å². The average molecular weight is 288 g/mol. The van der Waals surface area contributed by atoms with E-state index in [2.05, 4.69) is 57.3 Å². The van der Waals surface area contributed by atoms with Gasteiger partial charge >= 0.3 is 0 Å². The molecule has 0 unspecified atom stereocenters. The third-order valence-electron chi connectivity index (χ3n) is 3.90. The average Bonchev–Trinajstić information content (AvgIpc) is 2.50. The lowest BCUT2D eigenvalue weighted by molar-refractivity contribution is 0.564. The molecule has 0 amide bonds. The van der Waals surface area contributed by atoms with Gasteiger partial charge in [0.25, 0.3) is 0 Å². The highest BCUT2D eigenvalue weighted by Crippen LogP contribution is 2.18. The first-order valence-corrected chi connectivity index (χ1v) is 8.59. The minimum Gasteiger partial charge on any atom is -0.344 e. The van der Waals surface area contributed by atoms with E-state index in [9.17, 15) is 0 Å². The molecule has 0 saturated carbocycles. The quantitative estimate of drug-likeness (QED) is 0.345. The van der Waals surface area contributed by atoms with Crippen LogP contribution >= 0.6 is 0 Å². The predicted molar refractivity (Wildman–Crippen MR) is 95.3 cm³/mol. The Labute approximate surface area is 131 Å². The first-order valence-electron chi connectivity index (χ1n) is 8.59. The fourth-order valence-corrected chi connectivity index (χ4v) is 2.40. The fraction of sp³-hybridized carbons (Fsp3) is 0.632. The standard InChI is InChI=1S/C19H32N2/c1-5-8-10-17(7-3)19(20-15-9-6-2)21-18-13-11-16(4)12-14-18/h11-14,17H,5-10,15H2,1-4H3,(H,20,21)/t17-/m0/s1. The third kappa shape index (κ3) is 6.79. The van der Waals surface area contributed by atoms with Crippen LogP contribution in [0.4, 0.5) is 5.69 Å². The van der Waals surface area contributed by atoms with Gasteiger partial charge in [0.1, 0.15) is 5.84 Å². The van der Waals surface area contributed by atoms with E-state index in [1.165, 1.54) is 43.5 Å². The molecule has 2 heteroatoms. The summed E-state index contributed by atoms with van der Waals surface area (Å²) < 4.78 is 0. The van der Waals surface area contributed by atoms with Crippen LogP contribution in [0.2, 0.25) is 0 Å². The zero-order valence-corrected chi connectivity index (χ0v) is 14.3. The molecule has 1 aromatic carbocycles. The molecule has 0 radical (unpaired) electrons. The number of hydrogen-bond donors (Lipinski definition) is 1. The van der Waals surface area contributed by atoms with Crippen molar-refractivity contribution in [2.45, 2.75) is 66.2 Å². The number of nitrogens with zero attached hydrogens (tertiary/aromatic N) is 1. The Hall–Kier alpha value is -1.31. The molecular formula is C19H32N2. The summed E-state index contributed by atoms with van der Waals surface area (Å²) in [5.74, 6) is 1.74. The molecule has 0 spiro atoms. The van der Waals surface area contributed by atoms with Crippen LogP contribution in [0.3, 0.4) is 0 Å². The van der Waals surface area contributed by atoms with Gasteiger partial charge in [-0.25, -0.2) is 0 Å². The normalized spacial score (nSPS) is 13.2. The van der Waals surface area contributed by atoms with E-state index in [0.29, 0.717) is 5.92 Å². The highest BCUT2D eigenvalue weighted by atomic mass is 15.0.